The summed E-state index contributed by atoms with van der Waals surface area (Å²) in [5.41, 5.74) is 7.50. The third-order valence-electron chi connectivity index (χ3n) is 2.95. The van der Waals surface area contributed by atoms with E-state index in [1.54, 1.807) is 16.7 Å². The first-order valence-corrected chi connectivity index (χ1v) is 7.87. The number of benzene rings is 2. The monoisotopic (exact) mass is 455 g/mol. The molecule has 0 fully saturated rings. The van der Waals surface area contributed by atoms with E-state index in [-0.39, 0.29) is 11.8 Å². The summed E-state index contributed by atoms with van der Waals surface area (Å²) in [5.74, 6) is -0.174. The Bertz CT molecular complexity index is 879. The third kappa shape index (κ3) is 2.56. The number of fused-ring (bicyclic) bond motifs is 1. The normalized spacial score (nSPS) is 11.3. The van der Waals surface area contributed by atoms with E-state index in [4.69, 9.17) is 40.5 Å². The van der Waals surface area contributed by atoms with E-state index in [9.17, 15) is 4.39 Å². The molecule has 0 spiro atoms. The summed E-state index contributed by atoms with van der Waals surface area (Å²) in [4.78, 5) is 4.22. The predicted octanol–water partition coefficient (Wildman–Crippen LogP) is 5.31. The zero-order valence-corrected chi connectivity index (χ0v) is 14.6. The van der Waals surface area contributed by atoms with Gasteiger partial charge in [0.05, 0.1) is 35.4 Å². The highest BCUT2D eigenvalue weighted by molar-refractivity contribution is 14.1. The van der Waals surface area contributed by atoms with E-state index >= 15 is 0 Å². The second-order valence-electron chi connectivity index (χ2n) is 4.28. The molecule has 0 bridgehead atoms. The van der Waals surface area contributed by atoms with Crippen LogP contribution in [0.5, 0.6) is 0 Å². The fourth-order valence-electron chi connectivity index (χ4n) is 2.03. The molecule has 0 amide bonds. The van der Waals surface area contributed by atoms with Crippen LogP contribution >= 0.6 is 57.4 Å². The SMILES string of the molecule is Nc1nc2cc(I)c(F)cc2n1-c1cc(Cl)c(Cl)cc1Cl. The van der Waals surface area contributed by atoms with Crippen LogP contribution in [0.15, 0.2) is 24.3 Å². The van der Waals surface area contributed by atoms with E-state index in [0.717, 1.165) is 0 Å². The molecule has 0 unspecified atom stereocenters. The van der Waals surface area contributed by atoms with Gasteiger partial charge in [-0.15, -0.1) is 0 Å². The van der Waals surface area contributed by atoms with Crippen molar-refractivity contribution in [2.24, 2.45) is 0 Å². The Morgan fingerprint density at radius 2 is 1.71 bits per heavy atom. The Morgan fingerprint density at radius 1 is 1.05 bits per heavy atom. The first-order chi connectivity index (χ1) is 9.88. The minimum Gasteiger partial charge on any atom is -0.369 e. The van der Waals surface area contributed by atoms with Crippen LogP contribution < -0.4 is 5.73 Å². The fourth-order valence-corrected chi connectivity index (χ4v) is 3.10. The van der Waals surface area contributed by atoms with Gasteiger partial charge in [-0.05, 0) is 40.8 Å². The highest BCUT2D eigenvalue weighted by Crippen LogP contribution is 2.35. The molecule has 3 aromatic rings. The molecule has 0 atom stereocenters. The number of hydrogen-bond acceptors (Lipinski definition) is 2. The number of hydrogen-bond donors (Lipinski definition) is 1. The summed E-state index contributed by atoms with van der Waals surface area (Å²) < 4.78 is 15.8. The topological polar surface area (TPSA) is 43.8 Å². The largest absolute Gasteiger partial charge is 0.369 e. The van der Waals surface area contributed by atoms with Crippen LogP contribution in [0.25, 0.3) is 16.7 Å². The number of rotatable bonds is 1. The lowest BCUT2D eigenvalue weighted by atomic mass is 10.2. The van der Waals surface area contributed by atoms with Gasteiger partial charge in [0.15, 0.2) is 0 Å². The number of nitrogen functional groups attached to an aromatic ring is 1. The zero-order chi connectivity index (χ0) is 15.3. The summed E-state index contributed by atoms with van der Waals surface area (Å²) >= 11 is 20.0. The van der Waals surface area contributed by atoms with Gasteiger partial charge in [-0.1, -0.05) is 34.8 Å². The van der Waals surface area contributed by atoms with Crippen molar-refractivity contribution in [1.82, 2.24) is 9.55 Å². The Labute approximate surface area is 147 Å². The Balaban J connectivity index is 2.37. The molecule has 21 heavy (non-hydrogen) atoms. The lowest BCUT2D eigenvalue weighted by Gasteiger charge is -2.10. The molecule has 1 aromatic heterocycles. The molecule has 0 aliphatic heterocycles. The summed E-state index contributed by atoms with van der Waals surface area (Å²) in [6.07, 6.45) is 0. The van der Waals surface area contributed by atoms with Gasteiger partial charge in [-0.2, -0.15) is 0 Å². The number of anilines is 1. The number of nitrogens with zero attached hydrogens (tertiary/aromatic N) is 2. The molecule has 2 aromatic carbocycles. The van der Waals surface area contributed by atoms with Gasteiger partial charge in [-0.25, -0.2) is 9.37 Å². The van der Waals surface area contributed by atoms with Crippen molar-refractivity contribution >= 4 is 74.4 Å². The number of imidazole rings is 1. The van der Waals surface area contributed by atoms with Gasteiger partial charge in [0, 0.05) is 6.07 Å². The Kier molecular flexibility index (Phi) is 3.94. The second kappa shape index (κ2) is 5.46. The van der Waals surface area contributed by atoms with Crippen LogP contribution in [0.1, 0.15) is 0 Å². The van der Waals surface area contributed by atoms with Crippen LogP contribution in [-0.2, 0) is 0 Å². The van der Waals surface area contributed by atoms with Crippen LogP contribution in [0.4, 0.5) is 10.3 Å². The van der Waals surface area contributed by atoms with Crippen molar-refractivity contribution in [2.45, 2.75) is 0 Å². The highest BCUT2D eigenvalue weighted by atomic mass is 127. The van der Waals surface area contributed by atoms with Gasteiger partial charge in [0.2, 0.25) is 5.95 Å². The summed E-state index contributed by atoms with van der Waals surface area (Å²) in [6, 6.07) is 6.05. The minimum atomic E-state index is -0.361. The number of nitrogens with two attached hydrogens (primary N) is 1. The maximum absolute atomic E-state index is 13.8. The van der Waals surface area contributed by atoms with Gasteiger partial charge in [0.1, 0.15) is 5.82 Å². The molecule has 0 aliphatic carbocycles. The molecule has 0 saturated heterocycles. The van der Waals surface area contributed by atoms with E-state index < -0.39 is 0 Å². The lowest BCUT2D eigenvalue weighted by molar-refractivity contribution is 0.622. The molecular weight excluding hydrogens is 450 g/mol. The molecular formula is C13H6Cl3FIN3. The van der Waals surface area contributed by atoms with Crippen molar-refractivity contribution in [3.05, 3.63) is 48.7 Å². The van der Waals surface area contributed by atoms with Gasteiger partial charge in [0.25, 0.3) is 0 Å². The average Bonchev–Trinajstić information content (AvgIpc) is 2.70. The van der Waals surface area contributed by atoms with Crippen molar-refractivity contribution in [1.29, 1.82) is 0 Å². The predicted molar refractivity (Wildman–Crippen MR) is 93.2 cm³/mol. The Morgan fingerprint density at radius 3 is 2.43 bits per heavy atom. The van der Waals surface area contributed by atoms with Gasteiger partial charge in [-0.3, -0.25) is 4.57 Å². The second-order valence-corrected chi connectivity index (χ2v) is 6.66. The first kappa shape index (κ1) is 15.1. The molecule has 2 N–H and O–H groups in total. The van der Waals surface area contributed by atoms with E-state index in [0.29, 0.717) is 35.4 Å². The van der Waals surface area contributed by atoms with Crippen LogP contribution in [0.2, 0.25) is 15.1 Å². The molecule has 1 heterocycles. The molecule has 0 saturated carbocycles. The van der Waals surface area contributed by atoms with Crippen molar-refractivity contribution in [3.8, 4) is 5.69 Å². The van der Waals surface area contributed by atoms with Gasteiger partial charge >= 0.3 is 0 Å². The molecule has 3 rings (SSSR count). The molecule has 8 heteroatoms. The smallest absolute Gasteiger partial charge is 0.205 e. The Hall–Kier alpha value is -0.760. The summed E-state index contributed by atoms with van der Waals surface area (Å²) in [5, 5.41) is 0.992. The molecule has 108 valence electrons. The summed E-state index contributed by atoms with van der Waals surface area (Å²) in [6.45, 7) is 0. The fraction of sp³-hybridized carbons (Fsp3) is 0. The summed E-state index contributed by atoms with van der Waals surface area (Å²) in [7, 11) is 0. The number of aromatic nitrogens is 2. The number of halogens is 5. The van der Waals surface area contributed by atoms with Crippen molar-refractivity contribution in [2.75, 3.05) is 5.73 Å². The maximum atomic E-state index is 13.8. The van der Waals surface area contributed by atoms with Crippen LogP contribution in [-0.4, -0.2) is 9.55 Å². The van der Waals surface area contributed by atoms with Gasteiger partial charge < -0.3 is 5.73 Å². The zero-order valence-electron chi connectivity index (χ0n) is 10.2. The highest BCUT2D eigenvalue weighted by Gasteiger charge is 2.16. The standard InChI is InChI=1S/C13H6Cl3FIN3/c14-5-1-7(16)11(2-6(5)15)21-12-3-8(17)9(18)4-10(12)20-13(21)19/h1-4H,(H2,19,20). The molecule has 0 aliphatic rings. The lowest BCUT2D eigenvalue weighted by Crippen LogP contribution is -2.01. The molecule has 0 radical (unpaired) electrons. The van der Waals surface area contributed by atoms with E-state index in [1.165, 1.54) is 12.1 Å². The first-order valence-electron chi connectivity index (χ1n) is 5.66. The molecule has 3 nitrogen and oxygen atoms in total. The maximum Gasteiger partial charge on any atom is 0.205 e. The third-order valence-corrected chi connectivity index (χ3v) is 4.80. The van der Waals surface area contributed by atoms with Crippen molar-refractivity contribution in [3.63, 3.8) is 0 Å². The van der Waals surface area contributed by atoms with E-state index in [2.05, 4.69) is 4.98 Å². The van der Waals surface area contributed by atoms with Crippen molar-refractivity contribution < 1.29 is 4.39 Å². The minimum absolute atomic E-state index is 0.187. The average molecular weight is 456 g/mol. The van der Waals surface area contributed by atoms with Crippen LogP contribution in [0, 0.1) is 9.39 Å². The van der Waals surface area contributed by atoms with Crippen LogP contribution in [0.3, 0.4) is 0 Å². The van der Waals surface area contributed by atoms with E-state index in [1.807, 2.05) is 22.6 Å². The quantitative estimate of drug-likeness (QED) is 0.398.